The molecule has 3 aromatic rings. The molecule has 0 saturated heterocycles. The molecule has 0 spiro atoms. The minimum atomic E-state index is -4.39. The number of alkyl halides is 3. The van der Waals surface area contributed by atoms with Crippen LogP contribution in [0, 0.1) is 0 Å². The van der Waals surface area contributed by atoms with Crippen molar-refractivity contribution in [2.24, 2.45) is 0 Å². The minimum Gasteiger partial charge on any atom is -0.478 e. The number of urea groups is 1. The number of para-hydroxylation sites is 1. The van der Waals surface area contributed by atoms with Crippen LogP contribution in [0.2, 0.25) is 0 Å². The molecule has 3 rings (SSSR count). The summed E-state index contributed by atoms with van der Waals surface area (Å²) < 4.78 is 37.9. The van der Waals surface area contributed by atoms with Crippen LogP contribution in [0.15, 0.2) is 72.8 Å². The molecule has 0 fully saturated rings. The van der Waals surface area contributed by atoms with E-state index < -0.39 is 23.7 Å². The Morgan fingerprint density at radius 3 is 1.86 bits per heavy atom. The van der Waals surface area contributed by atoms with Crippen LogP contribution in [-0.2, 0) is 6.18 Å². The van der Waals surface area contributed by atoms with Crippen molar-refractivity contribution in [1.29, 1.82) is 0 Å². The Morgan fingerprint density at radius 2 is 1.31 bits per heavy atom. The van der Waals surface area contributed by atoms with Gasteiger partial charge in [-0.05, 0) is 47.5 Å². The van der Waals surface area contributed by atoms with Gasteiger partial charge in [0, 0.05) is 5.69 Å². The molecule has 0 unspecified atom stereocenters. The molecule has 0 saturated carbocycles. The highest BCUT2D eigenvalue weighted by Gasteiger charge is 2.29. The predicted molar refractivity (Wildman–Crippen MR) is 103 cm³/mol. The average Bonchev–Trinajstić information content (AvgIpc) is 2.68. The Bertz CT molecular complexity index is 1030. The van der Waals surface area contributed by atoms with Crippen molar-refractivity contribution < 1.29 is 27.9 Å². The van der Waals surface area contributed by atoms with Crippen molar-refractivity contribution in [2.75, 3.05) is 10.6 Å². The highest BCUT2D eigenvalue weighted by atomic mass is 19.4. The maximum atomic E-state index is 12.6. The highest BCUT2D eigenvalue weighted by molar-refractivity contribution is 6.04. The van der Waals surface area contributed by atoms with Gasteiger partial charge in [-0.25, -0.2) is 9.59 Å². The van der Waals surface area contributed by atoms with Gasteiger partial charge in [0.15, 0.2) is 0 Å². The Hall–Kier alpha value is -3.81. The summed E-state index contributed by atoms with van der Waals surface area (Å²) in [7, 11) is 0. The molecule has 148 valence electrons. The van der Waals surface area contributed by atoms with Crippen molar-refractivity contribution in [2.45, 2.75) is 6.18 Å². The predicted octanol–water partition coefficient (Wildman–Crippen LogP) is 5.71. The van der Waals surface area contributed by atoms with E-state index in [0.29, 0.717) is 16.8 Å². The molecule has 0 aliphatic carbocycles. The fourth-order valence-corrected chi connectivity index (χ4v) is 2.66. The molecule has 3 N–H and O–H groups in total. The summed E-state index contributed by atoms with van der Waals surface area (Å²) in [6.45, 7) is 0. The van der Waals surface area contributed by atoms with Gasteiger partial charge in [-0.3, -0.25) is 0 Å². The Labute approximate surface area is 163 Å². The van der Waals surface area contributed by atoms with E-state index in [9.17, 15) is 22.8 Å². The number of hydrogen-bond acceptors (Lipinski definition) is 2. The molecular formula is C21H15F3N2O3. The van der Waals surface area contributed by atoms with Crippen molar-refractivity contribution in [3.05, 3.63) is 83.9 Å². The topological polar surface area (TPSA) is 78.4 Å². The Morgan fingerprint density at radius 1 is 0.759 bits per heavy atom. The van der Waals surface area contributed by atoms with Gasteiger partial charge >= 0.3 is 18.2 Å². The van der Waals surface area contributed by atoms with Gasteiger partial charge in [0.25, 0.3) is 0 Å². The Kier molecular flexibility index (Phi) is 5.54. The molecule has 0 radical (unpaired) electrons. The van der Waals surface area contributed by atoms with Crippen molar-refractivity contribution in [3.8, 4) is 11.1 Å². The van der Waals surface area contributed by atoms with Gasteiger partial charge in [0.2, 0.25) is 0 Å². The lowest BCUT2D eigenvalue weighted by atomic mass is 10.0. The lowest BCUT2D eigenvalue weighted by Crippen LogP contribution is -2.20. The zero-order valence-corrected chi connectivity index (χ0v) is 14.8. The fourth-order valence-electron chi connectivity index (χ4n) is 2.66. The number of rotatable bonds is 4. The summed E-state index contributed by atoms with van der Waals surface area (Å²) in [5, 5.41) is 14.2. The third kappa shape index (κ3) is 4.92. The number of carbonyl (C=O) groups excluding carboxylic acids is 1. The van der Waals surface area contributed by atoms with Gasteiger partial charge in [-0.2, -0.15) is 13.2 Å². The second kappa shape index (κ2) is 8.05. The zero-order chi connectivity index (χ0) is 21.0. The van der Waals surface area contributed by atoms with Crippen molar-refractivity contribution in [1.82, 2.24) is 0 Å². The summed E-state index contributed by atoms with van der Waals surface area (Å²) in [4.78, 5) is 23.3. The van der Waals surface area contributed by atoms with E-state index in [1.807, 2.05) is 0 Å². The average molecular weight is 400 g/mol. The summed E-state index contributed by atoms with van der Waals surface area (Å²) >= 11 is 0. The number of hydrogen-bond donors (Lipinski definition) is 3. The van der Waals surface area contributed by atoms with Crippen molar-refractivity contribution in [3.63, 3.8) is 0 Å². The van der Waals surface area contributed by atoms with Crippen LogP contribution < -0.4 is 10.6 Å². The summed E-state index contributed by atoms with van der Waals surface area (Å²) in [6.07, 6.45) is -4.39. The van der Waals surface area contributed by atoms with Gasteiger partial charge in [-0.1, -0.05) is 36.4 Å². The van der Waals surface area contributed by atoms with Gasteiger partial charge in [0.1, 0.15) is 0 Å². The number of amides is 2. The van der Waals surface area contributed by atoms with E-state index in [-0.39, 0.29) is 11.3 Å². The standard InChI is InChI=1S/C21H15F3N2O3/c22-21(23,24)15-9-5-13(6-10-15)14-7-11-16(12-8-14)25-20(29)26-18-4-2-1-3-17(18)19(27)28/h1-12H,(H,27,28)(H2,25,26,29). The number of benzene rings is 3. The van der Waals surface area contributed by atoms with E-state index >= 15 is 0 Å². The normalized spacial score (nSPS) is 11.0. The molecule has 8 heteroatoms. The molecular weight excluding hydrogens is 385 g/mol. The number of halogens is 3. The first-order chi connectivity index (χ1) is 13.7. The van der Waals surface area contributed by atoms with Crippen LogP contribution in [0.25, 0.3) is 11.1 Å². The smallest absolute Gasteiger partial charge is 0.416 e. The summed E-state index contributed by atoms with van der Waals surface area (Å²) in [5.74, 6) is -1.17. The zero-order valence-electron chi connectivity index (χ0n) is 14.8. The monoisotopic (exact) mass is 400 g/mol. The highest BCUT2D eigenvalue weighted by Crippen LogP contribution is 2.31. The quantitative estimate of drug-likeness (QED) is 0.525. The molecule has 5 nitrogen and oxygen atoms in total. The van der Waals surface area contributed by atoms with Crippen LogP contribution in [0.1, 0.15) is 15.9 Å². The maximum absolute atomic E-state index is 12.6. The van der Waals surface area contributed by atoms with Gasteiger partial charge in [-0.15, -0.1) is 0 Å². The minimum absolute atomic E-state index is 0.0414. The number of carboxylic acids is 1. The molecule has 0 heterocycles. The van der Waals surface area contributed by atoms with Crippen LogP contribution in [0.4, 0.5) is 29.3 Å². The number of aromatic carboxylic acids is 1. The molecule has 2 amide bonds. The van der Waals surface area contributed by atoms with E-state index in [4.69, 9.17) is 5.11 Å². The molecule has 0 atom stereocenters. The lowest BCUT2D eigenvalue weighted by Gasteiger charge is -2.11. The van der Waals surface area contributed by atoms with E-state index in [1.165, 1.54) is 24.3 Å². The molecule has 0 aliphatic rings. The van der Waals surface area contributed by atoms with E-state index in [1.54, 1.807) is 36.4 Å². The molecule has 0 aromatic heterocycles. The van der Waals surface area contributed by atoms with Crippen LogP contribution in [-0.4, -0.2) is 17.1 Å². The SMILES string of the molecule is O=C(Nc1ccc(-c2ccc(C(F)(F)F)cc2)cc1)Nc1ccccc1C(=O)O. The summed E-state index contributed by atoms with van der Waals surface area (Å²) in [6, 6.07) is 16.6. The summed E-state index contributed by atoms with van der Waals surface area (Å²) in [5.41, 5.74) is 1.10. The van der Waals surface area contributed by atoms with Crippen LogP contribution in [0.5, 0.6) is 0 Å². The van der Waals surface area contributed by atoms with Gasteiger partial charge < -0.3 is 15.7 Å². The lowest BCUT2D eigenvalue weighted by molar-refractivity contribution is -0.137. The fraction of sp³-hybridized carbons (Fsp3) is 0.0476. The molecule has 29 heavy (non-hydrogen) atoms. The third-order valence-electron chi connectivity index (χ3n) is 4.09. The second-order valence-corrected chi connectivity index (χ2v) is 6.08. The number of nitrogens with one attached hydrogen (secondary N) is 2. The van der Waals surface area contributed by atoms with E-state index in [2.05, 4.69) is 10.6 Å². The first-order valence-electron chi connectivity index (χ1n) is 8.42. The van der Waals surface area contributed by atoms with Gasteiger partial charge in [0.05, 0.1) is 16.8 Å². The van der Waals surface area contributed by atoms with Crippen LogP contribution >= 0.6 is 0 Å². The largest absolute Gasteiger partial charge is 0.478 e. The number of carbonyl (C=O) groups is 2. The first-order valence-corrected chi connectivity index (χ1v) is 8.42. The molecule has 0 aliphatic heterocycles. The maximum Gasteiger partial charge on any atom is 0.416 e. The van der Waals surface area contributed by atoms with E-state index in [0.717, 1.165) is 12.1 Å². The van der Waals surface area contributed by atoms with Crippen LogP contribution in [0.3, 0.4) is 0 Å². The third-order valence-corrected chi connectivity index (χ3v) is 4.09. The first kappa shape index (κ1) is 19.9. The number of anilines is 2. The van der Waals surface area contributed by atoms with Crippen molar-refractivity contribution >= 4 is 23.4 Å². The second-order valence-electron chi connectivity index (χ2n) is 6.08. The number of carboxylic acid groups (broad SMARTS) is 1. The molecule has 3 aromatic carbocycles. The molecule has 0 bridgehead atoms. The Balaban J connectivity index is 1.68.